The van der Waals surface area contributed by atoms with Crippen molar-refractivity contribution in [2.75, 3.05) is 24.5 Å². The number of hydrogen-bond donors (Lipinski definition) is 0. The van der Waals surface area contributed by atoms with E-state index >= 15 is 0 Å². The standard InChI is InChI=1S/C14H18N4O3S/c19-14-13-8-17(22(20,21)12-1-2-12)7-10(13)3-4-18(14)11-5-15-9-16-6-11/h5-6,9-10,12-13H,1-4,7-8H2/t10-,13-/m1/s1. The molecule has 2 atom stereocenters. The molecule has 1 saturated carbocycles. The molecule has 0 aromatic carbocycles. The van der Waals surface area contributed by atoms with Gasteiger partial charge >= 0.3 is 0 Å². The van der Waals surface area contributed by atoms with Crippen molar-refractivity contribution >= 4 is 21.6 Å². The van der Waals surface area contributed by atoms with E-state index in [1.807, 2.05) is 0 Å². The summed E-state index contributed by atoms with van der Waals surface area (Å²) in [5.74, 6) is -0.0936. The predicted octanol–water partition coefficient (Wildman–Crippen LogP) is 0.253. The van der Waals surface area contributed by atoms with E-state index in [0.717, 1.165) is 19.3 Å². The van der Waals surface area contributed by atoms with E-state index in [2.05, 4.69) is 9.97 Å². The molecule has 1 amide bonds. The molecule has 0 spiro atoms. The summed E-state index contributed by atoms with van der Waals surface area (Å²) < 4.78 is 26.3. The Kier molecular flexibility index (Phi) is 3.19. The summed E-state index contributed by atoms with van der Waals surface area (Å²) in [7, 11) is -3.19. The Balaban J connectivity index is 1.54. The van der Waals surface area contributed by atoms with Gasteiger partial charge in [-0.3, -0.25) is 4.79 Å². The van der Waals surface area contributed by atoms with Crippen LogP contribution in [0.5, 0.6) is 0 Å². The van der Waals surface area contributed by atoms with E-state index in [1.165, 1.54) is 6.33 Å². The average molecular weight is 322 g/mol. The molecular weight excluding hydrogens is 304 g/mol. The Hall–Kier alpha value is -1.54. The number of nitrogens with zero attached hydrogens (tertiary/aromatic N) is 4. The van der Waals surface area contributed by atoms with Crippen molar-refractivity contribution in [1.82, 2.24) is 14.3 Å². The maximum atomic E-state index is 12.7. The Bertz CT molecular complexity index is 689. The SMILES string of the molecule is O=C1[C@@H]2CN(S(=O)(=O)C3CC3)C[C@H]2CCN1c1cncnc1. The molecule has 4 rings (SSSR count). The number of rotatable bonds is 3. The third-order valence-corrected chi connectivity index (χ3v) is 7.21. The van der Waals surface area contributed by atoms with Gasteiger partial charge in [0.1, 0.15) is 6.33 Å². The molecule has 0 bridgehead atoms. The number of piperidine rings is 1. The van der Waals surface area contributed by atoms with Crippen LogP contribution in [0.25, 0.3) is 0 Å². The molecule has 3 heterocycles. The van der Waals surface area contributed by atoms with Crippen LogP contribution in [-0.2, 0) is 14.8 Å². The van der Waals surface area contributed by atoms with Gasteiger partial charge in [-0.15, -0.1) is 0 Å². The normalized spacial score (nSPS) is 29.6. The highest BCUT2D eigenvalue weighted by molar-refractivity contribution is 7.90. The van der Waals surface area contributed by atoms with Crippen molar-refractivity contribution in [3.63, 3.8) is 0 Å². The summed E-state index contributed by atoms with van der Waals surface area (Å²) in [6.07, 6.45) is 7.02. The van der Waals surface area contributed by atoms with Gasteiger partial charge in [0.05, 0.1) is 29.2 Å². The highest BCUT2D eigenvalue weighted by Gasteiger charge is 2.50. The Morgan fingerprint density at radius 3 is 2.50 bits per heavy atom. The lowest BCUT2D eigenvalue weighted by atomic mass is 9.88. The van der Waals surface area contributed by atoms with Gasteiger partial charge in [0.2, 0.25) is 15.9 Å². The number of aromatic nitrogens is 2. The van der Waals surface area contributed by atoms with Crippen molar-refractivity contribution in [3.8, 4) is 0 Å². The minimum absolute atomic E-state index is 0.000420. The first kappa shape index (κ1) is 14.1. The number of fused-ring (bicyclic) bond motifs is 1. The number of anilines is 1. The highest BCUT2D eigenvalue weighted by atomic mass is 32.2. The Morgan fingerprint density at radius 2 is 1.82 bits per heavy atom. The van der Waals surface area contributed by atoms with Crippen LogP contribution in [0.15, 0.2) is 18.7 Å². The van der Waals surface area contributed by atoms with Gasteiger partial charge in [-0.05, 0) is 25.2 Å². The summed E-state index contributed by atoms with van der Waals surface area (Å²) in [5.41, 5.74) is 0.689. The fourth-order valence-electron chi connectivity index (χ4n) is 3.48. The molecule has 0 N–H and O–H groups in total. The van der Waals surface area contributed by atoms with Crippen LogP contribution in [0.4, 0.5) is 5.69 Å². The van der Waals surface area contributed by atoms with Crippen LogP contribution < -0.4 is 4.90 Å². The van der Waals surface area contributed by atoms with Crippen LogP contribution in [-0.4, -0.2) is 53.5 Å². The van der Waals surface area contributed by atoms with Gasteiger partial charge in [-0.2, -0.15) is 0 Å². The number of amides is 1. The van der Waals surface area contributed by atoms with E-state index in [1.54, 1.807) is 21.6 Å². The largest absolute Gasteiger partial charge is 0.309 e. The molecule has 22 heavy (non-hydrogen) atoms. The number of hydrogen-bond acceptors (Lipinski definition) is 5. The van der Waals surface area contributed by atoms with Crippen molar-refractivity contribution in [2.24, 2.45) is 11.8 Å². The number of carbonyl (C=O) groups excluding carboxylic acids is 1. The van der Waals surface area contributed by atoms with Crippen molar-refractivity contribution in [1.29, 1.82) is 0 Å². The van der Waals surface area contributed by atoms with Crippen LogP contribution in [0.3, 0.4) is 0 Å². The first-order chi connectivity index (χ1) is 10.6. The van der Waals surface area contributed by atoms with Crippen molar-refractivity contribution < 1.29 is 13.2 Å². The van der Waals surface area contributed by atoms with Gasteiger partial charge < -0.3 is 4.90 Å². The van der Waals surface area contributed by atoms with Crippen LogP contribution >= 0.6 is 0 Å². The third-order valence-electron chi connectivity index (χ3n) is 4.88. The molecule has 8 heteroatoms. The molecular formula is C14H18N4O3S. The molecule has 0 radical (unpaired) electrons. The van der Waals surface area contributed by atoms with Crippen LogP contribution in [0, 0.1) is 11.8 Å². The first-order valence-corrected chi connectivity index (χ1v) is 9.13. The second-order valence-corrected chi connectivity index (χ2v) is 8.52. The second kappa shape index (κ2) is 4.99. The van der Waals surface area contributed by atoms with Gasteiger partial charge in [-0.1, -0.05) is 0 Å². The maximum absolute atomic E-state index is 12.7. The zero-order valence-corrected chi connectivity index (χ0v) is 12.9. The van der Waals surface area contributed by atoms with E-state index in [9.17, 15) is 13.2 Å². The molecule has 2 saturated heterocycles. The van der Waals surface area contributed by atoms with Gasteiger partial charge in [0.25, 0.3) is 0 Å². The van der Waals surface area contributed by atoms with Crippen LogP contribution in [0.1, 0.15) is 19.3 Å². The zero-order chi connectivity index (χ0) is 15.3. The molecule has 118 valence electrons. The summed E-state index contributed by atoms with van der Waals surface area (Å²) >= 11 is 0. The molecule has 1 aliphatic carbocycles. The van der Waals surface area contributed by atoms with Gasteiger partial charge in [0.15, 0.2) is 0 Å². The van der Waals surface area contributed by atoms with Crippen molar-refractivity contribution in [2.45, 2.75) is 24.5 Å². The molecule has 3 aliphatic rings. The molecule has 7 nitrogen and oxygen atoms in total. The first-order valence-electron chi connectivity index (χ1n) is 7.63. The monoisotopic (exact) mass is 322 g/mol. The lowest BCUT2D eigenvalue weighted by Crippen LogP contribution is -2.45. The number of carbonyl (C=O) groups is 1. The van der Waals surface area contributed by atoms with Crippen LogP contribution in [0.2, 0.25) is 0 Å². The Morgan fingerprint density at radius 1 is 1.09 bits per heavy atom. The summed E-state index contributed by atoms with van der Waals surface area (Å²) in [6.45, 7) is 1.42. The minimum atomic E-state index is -3.19. The Labute approximate surface area is 129 Å². The average Bonchev–Trinajstić information content (AvgIpc) is 3.28. The molecule has 1 aromatic rings. The smallest absolute Gasteiger partial charge is 0.231 e. The zero-order valence-electron chi connectivity index (χ0n) is 12.1. The molecule has 3 fully saturated rings. The van der Waals surface area contributed by atoms with E-state index in [-0.39, 0.29) is 23.0 Å². The third kappa shape index (κ3) is 2.21. The molecule has 2 aliphatic heterocycles. The minimum Gasteiger partial charge on any atom is -0.309 e. The van der Waals surface area contributed by atoms with E-state index < -0.39 is 10.0 Å². The lowest BCUT2D eigenvalue weighted by molar-refractivity contribution is -0.124. The number of sulfonamides is 1. The fraction of sp³-hybridized carbons (Fsp3) is 0.643. The second-order valence-electron chi connectivity index (χ2n) is 6.30. The van der Waals surface area contributed by atoms with Gasteiger partial charge in [0, 0.05) is 19.6 Å². The summed E-state index contributed by atoms with van der Waals surface area (Å²) in [6, 6.07) is 0. The fourth-order valence-corrected chi connectivity index (χ4v) is 5.40. The lowest BCUT2D eigenvalue weighted by Gasteiger charge is -2.33. The predicted molar refractivity (Wildman–Crippen MR) is 79.5 cm³/mol. The van der Waals surface area contributed by atoms with Crippen molar-refractivity contribution in [3.05, 3.63) is 18.7 Å². The quantitative estimate of drug-likeness (QED) is 0.797. The highest BCUT2D eigenvalue weighted by Crippen LogP contribution is 2.39. The van der Waals surface area contributed by atoms with E-state index in [0.29, 0.717) is 25.3 Å². The summed E-state index contributed by atoms with van der Waals surface area (Å²) in [4.78, 5) is 22.3. The van der Waals surface area contributed by atoms with E-state index in [4.69, 9.17) is 0 Å². The maximum Gasteiger partial charge on any atom is 0.231 e. The summed E-state index contributed by atoms with van der Waals surface area (Å²) in [5, 5.41) is -0.207. The molecule has 1 aromatic heterocycles. The van der Waals surface area contributed by atoms with Gasteiger partial charge in [-0.25, -0.2) is 22.7 Å². The molecule has 0 unspecified atom stereocenters. The topological polar surface area (TPSA) is 83.5 Å².